The van der Waals surface area contributed by atoms with E-state index in [1.54, 1.807) is 0 Å². The molecule has 1 N–H and O–H groups in total. The van der Waals surface area contributed by atoms with E-state index in [9.17, 15) is 14.4 Å². The summed E-state index contributed by atoms with van der Waals surface area (Å²) >= 11 is 0. The van der Waals surface area contributed by atoms with Crippen LogP contribution in [0, 0.1) is 11.8 Å². The zero-order valence-corrected chi connectivity index (χ0v) is 20.3. The molecule has 1 heterocycles. The SMILES string of the molecule is CCOc1cccc([C@@H]2C(C(=O)OC3CCCC3)=C(C)NC3=C2C(=O)[C@H](C(=O)OC)[C@@H](C)C3)c1. The lowest BCUT2D eigenvalue weighted by Gasteiger charge is -2.38. The van der Waals surface area contributed by atoms with Crippen LogP contribution in [-0.2, 0) is 23.9 Å². The Hall–Kier alpha value is -3.09. The molecule has 0 amide bonds. The second-order valence-electron chi connectivity index (χ2n) is 9.35. The molecule has 182 valence electrons. The van der Waals surface area contributed by atoms with Crippen LogP contribution in [0.15, 0.2) is 46.8 Å². The molecule has 7 nitrogen and oxygen atoms in total. The molecule has 2 aliphatic carbocycles. The van der Waals surface area contributed by atoms with Gasteiger partial charge in [0.15, 0.2) is 5.78 Å². The Bertz CT molecular complexity index is 1050. The normalized spacial score (nSPS) is 25.1. The fraction of sp³-hybridized carbons (Fsp3) is 0.519. The third kappa shape index (κ3) is 4.48. The van der Waals surface area contributed by atoms with Crippen molar-refractivity contribution >= 4 is 17.7 Å². The van der Waals surface area contributed by atoms with E-state index in [2.05, 4.69) is 5.32 Å². The molecule has 1 aliphatic heterocycles. The highest BCUT2D eigenvalue weighted by Gasteiger charge is 2.47. The summed E-state index contributed by atoms with van der Waals surface area (Å²) in [6, 6.07) is 7.44. The van der Waals surface area contributed by atoms with E-state index in [4.69, 9.17) is 14.2 Å². The van der Waals surface area contributed by atoms with Crippen LogP contribution in [0.5, 0.6) is 5.75 Å². The predicted octanol–water partition coefficient (Wildman–Crippen LogP) is 4.18. The van der Waals surface area contributed by atoms with Gasteiger partial charge in [-0.05, 0) is 69.6 Å². The second-order valence-corrected chi connectivity index (χ2v) is 9.35. The van der Waals surface area contributed by atoms with E-state index in [-0.39, 0.29) is 17.8 Å². The van der Waals surface area contributed by atoms with Crippen molar-refractivity contribution in [1.29, 1.82) is 0 Å². The van der Waals surface area contributed by atoms with Crippen molar-refractivity contribution in [3.05, 3.63) is 52.4 Å². The number of Topliss-reactive ketones (excluding diaryl/α,β-unsaturated/α-hetero) is 1. The minimum absolute atomic E-state index is 0.108. The predicted molar refractivity (Wildman–Crippen MR) is 126 cm³/mol. The van der Waals surface area contributed by atoms with E-state index < -0.39 is 23.8 Å². The van der Waals surface area contributed by atoms with Gasteiger partial charge in [-0.25, -0.2) is 4.79 Å². The lowest BCUT2D eigenvalue weighted by Crippen LogP contribution is -2.43. The molecule has 0 saturated heterocycles. The van der Waals surface area contributed by atoms with Crippen molar-refractivity contribution in [3.8, 4) is 5.75 Å². The summed E-state index contributed by atoms with van der Waals surface area (Å²) in [6.45, 7) is 6.11. The molecule has 1 saturated carbocycles. The molecular weight excluding hydrogens is 434 g/mol. The van der Waals surface area contributed by atoms with Gasteiger partial charge < -0.3 is 19.5 Å². The number of nitrogens with one attached hydrogen (secondary N) is 1. The third-order valence-corrected chi connectivity index (χ3v) is 7.04. The first kappa shape index (κ1) is 24.0. The summed E-state index contributed by atoms with van der Waals surface area (Å²) in [6.07, 6.45) is 4.19. The molecule has 3 aliphatic rings. The molecule has 0 radical (unpaired) electrons. The van der Waals surface area contributed by atoms with Gasteiger partial charge in [-0.15, -0.1) is 0 Å². The molecule has 0 aromatic heterocycles. The molecule has 0 unspecified atom stereocenters. The number of benzene rings is 1. The minimum atomic E-state index is -0.909. The van der Waals surface area contributed by atoms with Gasteiger partial charge in [0, 0.05) is 22.9 Å². The summed E-state index contributed by atoms with van der Waals surface area (Å²) in [5.41, 5.74) is 3.02. The highest BCUT2D eigenvalue weighted by Crippen LogP contribution is 2.46. The molecule has 3 atom stereocenters. The maximum atomic E-state index is 13.8. The molecule has 4 rings (SSSR count). The van der Waals surface area contributed by atoms with Crippen molar-refractivity contribution in [2.45, 2.75) is 64.9 Å². The Morgan fingerprint density at radius 3 is 2.59 bits per heavy atom. The summed E-state index contributed by atoms with van der Waals surface area (Å²) in [7, 11) is 1.29. The summed E-state index contributed by atoms with van der Waals surface area (Å²) in [4.78, 5) is 39.8. The van der Waals surface area contributed by atoms with Crippen LogP contribution in [-0.4, -0.2) is 37.5 Å². The van der Waals surface area contributed by atoms with Crippen LogP contribution in [0.1, 0.15) is 64.4 Å². The van der Waals surface area contributed by atoms with Gasteiger partial charge in [-0.2, -0.15) is 0 Å². The first-order chi connectivity index (χ1) is 16.3. The fourth-order valence-corrected chi connectivity index (χ4v) is 5.46. The smallest absolute Gasteiger partial charge is 0.337 e. The lowest BCUT2D eigenvalue weighted by atomic mass is 9.69. The van der Waals surface area contributed by atoms with Crippen LogP contribution in [0.4, 0.5) is 0 Å². The van der Waals surface area contributed by atoms with Gasteiger partial charge in [0.05, 0.1) is 19.3 Å². The Morgan fingerprint density at radius 1 is 1.18 bits per heavy atom. The van der Waals surface area contributed by atoms with Crippen molar-refractivity contribution in [3.63, 3.8) is 0 Å². The fourth-order valence-electron chi connectivity index (χ4n) is 5.46. The highest BCUT2D eigenvalue weighted by molar-refractivity contribution is 6.12. The number of ketones is 1. The largest absolute Gasteiger partial charge is 0.494 e. The summed E-state index contributed by atoms with van der Waals surface area (Å²) in [5.74, 6) is -2.40. The number of hydrogen-bond acceptors (Lipinski definition) is 7. The minimum Gasteiger partial charge on any atom is -0.494 e. The number of carbonyl (C=O) groups excluding carboxylic acids is 3. The van der Waals surface area contributed by atoms with Gasteiger partial charge in [0.2, 0.25) is 0 Å². The van der Waals surface area contributed by atoms with Gasteiger partial charge in [-0.3, -0.25) is 9.59 Å². The molecule has 1 fully saturated rings. The number of ether oxygens (including phenoxy) is 3. The van der Waals surface area contributed by atoms with Gasteiger partial charge >= 0.3 is 11.9 Å². The Kier molecular flexibility index (Phi) is 7.10. The van der Waals surface area contributed by atoms with Gasteiger partial charge in [-0.1, -0.05) is 19.1 Å². The van der Waals surface area contributed by atoms with E-state index in [1.165, 1.54) is 7.11 Å². The van der Waals surface area contributed by atoms with E-state index in [0.717, 1.165) is 36.9 Å². The number of rotatable bonds is 6. The number of dihydropyridines is 1. The second kappa shape index (κ2) is 10.0. The lowest BCUT2D eigenvalue weighted by molar-refractivity contribution is -0.151. The number of hydrogen-bond donors (Lipinski definition) is 1. The van der Waals surface area contributed by atoms with Crippen molar-refractivity contribution in [1.82, 2.24) is 5.32 Å². The third-order valence-electron chi connectivity index (χ3n) is 7.04. The van der Waals surface area contributed by atoms with E-state index >= 15 is 0 Å². The number of carbonyl (C=O) groups is 3. The average molecular weight is 468 g/mol. The highest BCUT2D eigenvalue weighted by atomic mass is 16.5. The maximum Gasteiger partial charge on any atom is 0.337 e. The van der Waals surface area contributed by atoms with E-state index in [0.29, 0.717) is 35.6 Å². The van der Waals surface area contributed by atoms with Crippen LogP contribution >= 0.6 is 0 Å². The molecule has 0 spiro atoms. The Balaban J connectivity index is 1.81. The number of methoxy groups -OCH3 is 1. The van der Waals surface area contributed by atoms with Crippen molar-refractivity contribution in [2.24, 2.45) is 11.8 Å². The van der Waals surface area contributed by atoms with E-state index in [1.807, 2.05) is 45.0 Å². The maximum absolute atomic E-state index is 13.8. The molecule has 7 heteroatoms. The first-order valence-corrected chi connectivity index (χ1v) is 12.1. The quantitative estimate of drug-likeness (QED) is 0.496. The standard InChI is InChI=1S/C27H33NO6/c1-5-33-19-12-8-9-17(14-19)23-22(27(31)34-18-10-6-7-11-18)16(3)28-20-13-15(2)21(26(30)32-4)25(29)24(20)23/h8-9,12,14-15,18,21,23,28H,5-7,10-11,13H2,1-4H3/t15-,21+,23+/m0/s1. The number of allylic oxidation sites excluding steroid dienone is 3. The van der Waals surface area contributed by atoms with Crippen LogP contribution < -0.4 is 10.1 Å². The topological polar surface area (TPSA) is 90.9 Å². The summed E-state index contributed by atoms with van der Waals surface area (Å²) in [5, 5.41) is 3.31. The van der Waals surface area contributed by atoms with Crippen molar-refractivity contribution in [2.75, 3.05) is 13.7 Å². The molecule has 0 bridgehead atoms. The average Bonchev–Trinajstić information content (AvgIpc) is 3.31. The Labute approximate surface area is 200 Å². The van der Waals surface area contributed by atoms with Crippen LogP contribution in [0.2, 0.25) is 0 Å². The van der Waals surface area contributed by atoms with Crippen molar-refractivity contribution < 1.29 is 28.6 Å². The zero-order valence-electron chi connectivity index (χ0n) is 20.3. The number of esters is 2. The van der Waals surface area contributed by atoms with Gasteiger partial charge in [0.1, 0.15) is 17.8 Å². The zero-order chi connectivity index (χ0) is 24.4. The van der Waals surface area contributed by atoms with Gasteiger partial charge in [0.25, 0.3) is 0 Å². The van der Waals surface area contributed by atoms with Crippen LogP contribution in [0.25, 0.3) is 0 Å². The first-order valence-electron chi connectivity index (χ1n) is 12.1. The molecule has 1 aromatic rings. The Morgan fingerprint density at radius 2 is 1.91 bits per heavy atom. The summed E-state index contributed by atoms with van der Waals surface area (Å²) < 4.78 is 16.5. The molecule has 34 heavy (non-hydrogen) atoms. The van der Waals surface area contributed by atoms with Crippen LogP contribution in [0.3, 0.4) is 0 Å². The molecule has 1 aromatic carbocycles. The monoisotopic (exact) mass is 467 g/mol. The molecular formula is C27H33NO6.